The van der Waals surface area contributed by atoms with E-state index < -0.39 is 0 Å². The summed E-state index contributed by atoms with van der Waals surface area (Å²) in [5, 5.41) is 4.37. The number of hydrogen-bond acceptors (Lipinski definition) is 5. The van der Waals surface area contributed by atoms with E-state index in [0.717, 1.165) is 15.6 Å². The number of thiazole rings is 1. The summed E-state index contributed by atoms with van der Waals surface area (Å²) in [7, 11) is 1.60. The Balaban J connectivity index is 1.84. The van der Waals surface area contributed by atoms with Gasteiger partial charge in [0.2, 0.25) is 4.96 Å². The van der Waals surface area contributed by atoms with Crippen molar-refractivity contribution in [1.82, 2.24) is 14.6 Å². The van der Waals surface area contributed by atoms with Gasteiger partial charge in [0.05, 0.1) is 17.2 Å². The van der Waals surface area contributed by atoms with E-state index in [-0.39, 0.29) is 5.56 Å². The SMILES string of the molecule is COc1ccccc1-c1nc2s/c(=C/c3cccc(Br)c3)c(=O)n2n1. The number of rotatable bonds is 3. The van der Waals surface area contributed by atoms with Gasteiger partial charge >= 0.3 is 0 Å². The first-order chi connectivity index (χ1) is 12.2. The molecule has 0 unspecified atom stereocenters. The Morgan fingerprint density at radius 2 is 2.04 bits per heavy atom. The summed E-state index contributed by atoms with van der Waals surface area (Å²) < 4.78 is 8.25. The molecule has 0 saturated carbocycles. The van der Waals surface area contributed by atoms with E-state index in [4.69, 9.17) is 4.74 Å². The van der Waals surface area contributed by atoms with Crippen molar-refractivity contribution in [1.29, 1.82) is 0 Å². The van der Waals surface area contributed by atoms with Crippen LogP contribution in [0.5, 0.6) is 5.75 Å². The van der Waals surface area contributed by atoms with Gasteiger partial charge in [-0.15, -0.1) is 5.10 Å². The monoisotopic (exact) mass is 413 g/mol. The molecule has 0 aliphatic carbocycles. The van der Waals surface area contributed by atoms with Gasteiger partial charge in [0.1, 0.15) is 5.75 Å². The predicted octanol–water partition coefficient (Wildman–Crippen LogP) is 3.14. The second kappa shape index (κ2) is 6.42. The molecule has 0 saturated heterocycles. The van der Waals surface area contributed by atoms with Crippen molar-refractivity contribution >= 4 is 38.3 Å². The molecule has 0 radical (unpaired) electrons. The van der Waals surface area contributed by atoms with Crippen molar-refractivity contribution in [3.05, 3.63) is 73.5 Å². The molecule has 2 heterocycles. The second-order valence-electron chi connectivity index (χ2n) is 5.30. The van der Waals surface area contributed by atoms with E-state index in [0.29, 0.717) is 21.1 Å². The molecule has 2 aromatic heterocycles. The van der Waals surface area contributed by atoms with Gasteiger partial charge in [-0.25, -0.2) is 0 Å². The van der Waals surface area contributed by atoms with Crippen LogP contribution in [-0.4, -0.2) is 21.7 Å². The highest BCUT2D eigenvalue weighted by molar-refractivity contribution is 9.10. The van der Waals surface area contributed by atoms with E-state index in [1.54, 1.807) is 7.11 Å². The van der Waals surface area contributed by atoms with Crippen molar-refractivity contribution in [3.63, 3.8) is 0 Å². The number of halogens is 1. The average Bonchev–Trinajstić information content (AvgIpc) is 3.15. The highest BCUT2D eigenvalue weighted by Crippen LogP contribution is 2.27. The number of ether oxygens (including phenoxy) is 1. The third-order valence-electron chi connectivity index (χ3n) is 3.68. The molecular formula is C18H12BrN3O2S. The minimum Gasteiger partial charge on any atom is -0.496 e. The van der Waals surface area contributed by atoms with Crippen molar-refractivity contribution < 1.29 is 4.74 Å². The molecule has 5 nitrogen and oxygen atoms in total. The van der Waals surface area contributed by atoms with Gasteiger partial charge in [0, 0.05) is 4.47 Å². The molecule has 0 atom stereocenters. The molecule has 0 bridgehead atoms. The maximum Gasteiger partial charge on any atom is 0.291 e. The van der Waals surface area contributed by atoms with Crippen LogP contribution >= 0.6 is 27.3 Å². The summed E-state index contributed by atoms with van der Waals surface area (Å²) in [5.74, 6) is 1.16. The standard InChI is InChI=1S/C18H12BrN3O2S/c1-24-14-8-3-2-7-13(14)16-20-18-22(21-16)17(23)15(25-18)10-11-5-4-6-12(19)9-11/h2-10H,1H3/b15-10+. The van der Waals surface area contributed by atoms with Gasteiger partial charge in [-0.05, 0) is 35.9 Å². The second-order valence-corrected chi connectivity index (χ2v) is 7.23. The first-order valence-electron chi connectivity index (χ1n) is 7.46. The summed E-state index contributed by atoms with van der Waals surface area (Å²) in [6.45, 7) is 0. The number of fused-ring (bicyclic) bond motifs is 1. The zero-order chi connectivity index (χ0) is 17.4. The minimum atomic E-state index is -0.173. The molecule has 4 aromatic rings. The summed E-state index contributed by atoms with van der Waals surface area (Å²) in [6, 6.07) is 15.2. The Bertz CT molecular complexity index is 1180. The molecule has 0 fully saturated rings. The number of para-hydroxylation sites is 1. The first-order valence-corrected chi connectivity index (χ1v) is 9.07. The van der Waals surface area contributed by atoms with Gasteiger partial charge in [-0.1, -0.05) is 51.5 Å². The molecule has 7 heteroatoms. The van der Waals surface area contributed by atoms with Crippen molar-refractivity contribution in [2.75, 3.05) is 7.11 Å². The zero-order valence-electron chi connectivity index (χ0n) is 13.1. The Morgan fingerprint density at radius 3 is 2.80 bits per heavy atom. The lowest BCUT2D eigenvalue weighted by molar-refractivity contribution is 0.416. The summed E-state index contributed by atoms with van der Waals surface area (Å²) in [4.78, 5) is 17.7. The smallest absolute Gasteiger partial charge is 0.291 e. The predicted molar refractivity (Wildman–Crippen MR) is 102 cm³/mol. The number of methoxy groups -OCH3 is 1. The zero-order valence-corrected chi connectivity index (χ0v) is 15.5. The number of nitrogens with zero attached hydrogens (tertiary/aromatic N) is 3. The van der Waals surface area contributed by atoms with E-state index in [2.05, 4.69) is 26.0 Å². The topological polar surface area (TPSA) is 56.5 Å². The molecule has 4 rings (SSSR count). The lowest BCUT2D eigenvalue weighted by Crippen LogP contribution is -2.23. The summed E-state index contributed by atoms with van der Waals surface area (Å²) >= 11 is 4.75. The minimum absolute atomic E-state index is 0.173. The molecule has 0 aliphatic rings. The third kappa shape index (κ3) is 2.96. The average molecular weight is 414 g/mol. The van der Waals surface area contributed by atoms with E-state index in [9.17, 15) is 4.79 Å². The molecule has 124 valence electrons. The van der Waals surface area contributed by atoms with Crippen LogP contribution in [0.1, 0.15) is 5.56 Å². The van der Waals surface area contributed by atoms with Crippen molar-refractivity contribution in [2.24, 2.45) is 0 Å². The van der Waals surface area contributed by atoms with Gasteiger partial charge in [-0.2, -0.15) is 9.50 Å². The molecule has 0 aliphatic heterocycles. The van der Waals surface area contributed by atoms with Gasteiger partial charge < -0.3 is 4.74 Å². The van der Waals surface area contributed by atoms with Crippen LogP contribution in [0, 0.1) is 0 Å². The van der Waals surface area contributed by atoms with Crippen LogP contribution in [0.2, 0.25) is 0 Å². The molecule has 0 N–H and O–H groups in total. The van der Waals surface area contributed by atoms with Gasteiger partial charge in [0.25, 0.3) is 5.56 Å². The van der Waals surface area contributed by atoms with Crippen LogP contribution < -0.4 is 14.8 Å². The fourth-order valence-corrected chi connectivity index (χ4v) is 3.85. The molecular weight excluding hydrogens is 402 g/mol. The molecule has 25 heavy (non-hydrogen) atoms. The van der Waals surface area contributed by atoms with Gasteiger partial charge in [-0.3, -0.25) is 4.79 Å². The molecule has 0 amide bonds. The van der Waals surface area contributed by atoms with E-state index >= 15 is 0 Å². The maximum atomic E-state index is 12.6. The van der Waals surface area contributed by atoms with Crippen LogP contribution in [0.3, 0.4) is 0 Å². The highest BCUT2D eigenvalue weighted by Gasteiger charge is 2.14. The lowest BCUT2D eigenvalue weighted by Gasteiger charge is -2.03. The summed E-state index contributed by atoms with van der Waals surface area (Å²) in [5.41, 5.74) is 1.53. The number of aromatic nitrogens is 3. The fourth-order valence-electron chi connectivity index (χ4n) is 2.52. The van der Waals surface area contributed by atoms with Crippen LogP contribution in [0.4, 0.5) is 0 Å². The third-order valence-corrected chi connectivity index (χ3v) is 5.13. The Morgan fingerprint density at radius 1 is 1.20 bits per heavy atom. The quantitative estimate of drug-likeness (QED) is 0.517. The Labute approximate surface area is 155 Å². The van der Waals surface area contributed by atoms with Crippen LogP contribution in [0.25, 0.3) is 22.4 Å². The number of hydrogen-bond donors (Lipinski definition) is 0. The number of benzene rings is 2. The molecule has 2 aromatic carbocycles. The van der Waals surface area contributed by atoms with E-state index in [1.807, 2.05) is 54.6 Å². The highest BCUT2D eigenvalue weighted by atomic mass is 79.9. The first kappa shape index (κ1) is 16.0. The maximum absolute atomic E-state index is 12.6. The van der Waals surface area contributed by atoms with Crippen LogP contribution in [0.15, 0.2) is 57.8 Å². The van der Waals surface area contributed by atoms with Crippen molar-refractivity contribution in [3.8, 4) is 17.1 Å². The fraction of sp³-hybridized carbons (Fsp3) is 0.0556. The Kier molecular flexibility index (Phi) is 4.10. The van der Waals surface area contributed by atoms with E-state index in [1.165, 1.54) is 15.9 Å². The normalized spacial score (nSPS) is 12.0. The summed E-state index contributed by atoms with van der Waals surface area (Å²) in [6.07, 6.45) is 1.84. The molecule has 0 spiro atoms. The lowest BCUT2D eigenvalue weighted by atomic mass is 10.2. The van der Waals surface area contributed by atoms with Gasteiger partial charge in [0.15, 0.2) is 5.82 Å². The van der Waals surface area contributed by atoms with Crippen molar-refractivity contribution in [2.45, 2.75) is 0 Å². The Hall–Kier alpha value is -2.51. The van der Waals surface area contributed by atoms with Crippen LogP contribution in [-0.2, 0) is 0 Å². The largest absolute Gasteiger partial charge is 0.496 e.